The standard InChI is InChI=1S/C21H25ClN2O3/c1-15-2-4-16(5-3-15)12-23-14-21(27)10-11-24(13-19(21)25)20(26)17-6-8-18(22)9-7-17/h2-9,19,23,25,27H,10-14H2,1H3/t19-,21-/m0/s1. The van der Waals surface area contributed by atoms with Crippen molar-refractivity contribution in [2.45, 2.75) is 31.6 Å². The Labute approximate surface area is 164 Å². The molecule has 0 saturated carbocycles. The van der Waals surface area contributed by atoms with Crippen molar-refractivity contribution >= 4 is 17.5 Å². The van der Waals surface area contributed by atoms with Crippen LogP contribution in [-0.4, -0.2) is 52.4 Å². The summed E-state index contributed by atoms with van der Waals surface area (Å²) in [5.74, 6) is -0.166. The first-order chi connectivity index (χ1) is 12.9. The van der Waals surface area contributed by atoms with Crippen molar-refractivity contribution in [3.63, 3.8) is 0 Å². The molecular weight excluding hydrogens is 364 g/mol. The lowest BCUT2D eigenvalue weighted by Crippen LogP contribution is -2.60. The van der Waals surface area contributed by atoms with Gasteiger partial charge in [-0.2, -0.15) is 0 Å². The van der Waals surface area contributed by atoms with Crippen molar-refractivity contribution in [2.24, 2.45) is 0 Å². The monoisotopic (exact) mass is 388 g/mol. The van der Waals surface area contributed by atoms with Crippen LogP contribution in [0.5, 0.6) is 0 Å². The van der Waals surface area contributed by atoms with Crippen LogP contribution in [-0.2, 0) is 6.54 Å². The predicted molar refractivity (Wildman–Crippen MR) is 106 cm³/mol. The summed E-state index contributed by atoms with van der Waals surface area (Å²) >= 11 is 5.86. The number of carbonyl (C=O) groups is 1. The van der Waals surface area contributed by atoms with Crippen LogP contribution >= 0.6 is 11.6 Å². The van der Waals surface area contributed by atoms with Crippen molar-refractivity contribution in [2.75, 3.05) is 19.6 Å². The average Bonchev–Trinajstić information content (AvgIpc) is 2.66. The number of piperidine rings is 1. The van der Waals surface area contributed by atoms with E-state index in [1.165, 1.54) is 5.56 Å². The number of amides is 1. The lowest BCUT2D eigenvalue weighted by Gasteiger charge is -2.42. The van der Waals surface area contributed by atoms with Gasteiger partial charge in [0.25, 0.3) is 5.91 Å². The second-order valence-corrected chi connectivity index (χ2v) is 7.65. The van der Waals surface area contributed by atoms with Gasteiger partial charge in [0.15, 0.2) is 0 Å². The van der Waals surface area contributed by atoms with E-state index < -0.39 is 11.7 Å². The topological polar surface area (TPSA) is 72.8 Å². The lowest BCUT2D eigenvalue weighted by atomic mass is 9.88. The van der Waals surface area contributed by atoms with Crippen molar-refractivity contribution in [1.82, 2.24) is 10.2 Å². The Morgan fingerprint density at radius 2 is 1.89 bits per heavy atom. The van der Waals surface area contributed by atoms with Gasteiger partial charge in [0.1, 0.15) is 11.7 Å². The fraction of sp³-hybridized carbons (Fsp3) is 0.381. The summed E-state index contributed by atoms with van der Waals surface area (Å²) in [5.41, 5.74) is 1.59. The van der Waals surface area contributed by atoms with Gasteiger partial charge >= 0.3 is 0 Å². The van der Waals surface area contributed by atoms with Gasteiger partial charge in [-0.05, 0) is 43.2 Å². The van der Waals surface area contributed by atoms with Gasteiger partial charge in [0.2, 0.25) is 0 Å². The molecule has 1 saturated heterocycles. The Hall–Kier alpha value is -1.92. The molecule has 0 spiro atoms. The van der Waals surface area contributed by atoms with Crippen LogP contribution in [0.15, 0.2) is 48.5 Å². The zero-order valence-corrected chi connectivity index (χ0v) is 16.1. The number of aliphatic hydroxyl groups excluding tert-OH is 1. The molecule has 3 rings (SSSR count). The molecule has 1 aliphatic rings. The highest BCUT2D eigenvalue weighted by Gasteiger charge is 2.41. The number of β-amino-alcohol motifs (C(OH)–C–C–N with tert-alkyl or cyclic N) is 1. The number of rotatable bonds is 5. The first kappa shape index (κ1) is 19.8. The van der Waals surface area contributed by atoms with E-state index in [9.17, 15) is 15.0 Å². The Bertz CT molecular complexity index is 779. The van der Waals surface area contributed by atoms with Crippen molar-refractivity contribution in [1.29, 1.82) is 0 Å². The minimum Gasteiger partial charge on any atom is -0.388 e. The number of hydrogen-bond acceptors (Lipinski definition) is 4. The molecule has 2 aromatic carbocycles. The molecule has 2 aromatic rings. The summed E-state index contributed by atoms with van der Waals surface area (Å²) in [6.45, 7) is 3.41. The summed E-state index contributed by atoms with van der Waals surface area (Å²) in [6, 6.07) is 14.8. The fourth-order valence-electron chi connectivity index (χ4n) is 3.26. The number of aliphatic hydroxyl groups is 2. The van der Waals surface area contributed by atoms with E-state index in [4.69, 9.17) is 11.6 Å². The van der Waals surface area contributed by atoms with E-state index in [0.29, 0.717) is 30.1 Å². The molecule has 3 N–H and O–H groups in total. The summed E-state index contributed by atoms with van der Waals surface area (Å²) in [5, 5.41) is 25.1. The fourth-order valence-corrected chi connectivity index (χ4v) is 3.39. The Balaban J connectivity index is 1.54. The van der Waals surface area contributed by atoms with Crippen molar-refractivity contribution < 1.29 is 15.0 Å². The molecule has 1 heterocycles. The molecule has 0 aliphatic carbocycles. The molecule has 2 atom stereocenters. The molecule has 144 valence electrons. The Kier molecular flexibility index (Phi) is 6.17. The summed E-state index contributed by atoms with van der Waals surface area (Å²) in [6.07, 6.45) is -0.693. The number of nitrogens with one attached hydrogen (secondary N) is 1. The van der Waals surface area contributed by atoms with E-state index in [1.807, 2.05) is 31.2 Å². The van der Waals surface area contributed by atoms with Gasteiger partial charge < -0.3 is 20.4 Å². The minimum absolute atomic E-state index is 0.101. The molecule has 1 amide bonds. The molecule has 6 heteroatoms. The first-order valence-electron chi connectivity index (χ1n) is 9.09. The van der Waals surface area contributed by atoms with E-state index in [0.717, 1.165) is 5.56 Å². The molecule has 1 aliphatic heterocycles. The maximum atomic E-state index is 12.6. The number of carbonyl (C=O) groups excluding carboxylic acids is 1. The van der Waals surface area contributed by atoms with Gasteiger partial charge in [0, 0.05) is 36.8 Å². The van der Waals surface area contributed by atoms with E-state index in [2.05, 4.69) is 5.32 Å². The van der Waals surface area contributed by atoms with Crippen LogP contribution in [0.2, 0.25) is 5.02 Å². The number of likely N-dealkylation sites (tertiary alicyclic amines) is 1. The molecule has 5 nitrogen and oxygen atoms in total. The van der Waals surface area contributed by atoms with Gasteiger partial charge in [-0.3, -0.25) is 4.79 Å². The second kappa shape index (κ2) is 8.40. The Morgan fingerprint density at radius 3 is 2.52 bits per heavy atom. The maximum absolute atomic E-state index is 12.6. The smallest absolute Gasteiger partial charge is 0.253 e. The zero-order chi connectivity index (χ0) is 19.4. The summed E-state index contributed by atoms with van der Waals surface area (Å²) < 4.78 is 0. The third-order valence-electron chi connectivity index (χ3n) is 5.09. The molecule has 0 bridgehead atoms. The van der Waals surface area contributed by atoms with Crippen molar-refractivity contribution in [3.05, 3.63) is 70.2 Å². The largest absolute Gasteiger partial charge is 0.388 e. The normalized spacial score (nSPS) is 22.7. The Morgan fingerprint density at radius 1 is 1.22 bits per heavy atom. The van der Waals surface area contributed by atoms with E-state index in [1.54, 1.807) is 29.2 Å². The summed E-state index contributed by atoms with van der Waals surface area (Å²) in [4.78, 5) is 14.1. The summed E-state index contributed by atoms with van der Waals surface area (Å²) in [7, 11) is 0. The number of benzene rings is 2. The lowest BCUT2D eigenvalue weighted by molar-refractivity contribution is -0.110. The molecule has 0 aromatic heterocycles. The molecule has 0 radical (unpaired) electrons. The number of aryl methyl sites for hydroxylation is 1. The predicted octanol–water partition coefficient (Wildman–Crippen LogP) is 2.38. The third kappa shape index (κ3) is 4.87. The van der Waals surface area contributed by atoms with Crippen LogP contribution in [0.1, 0.15) is 27.9 Å². The van der Waals surface area contributed by atoms with E-state index >= 15 is 0 Å². The van der Waals surface area contributed by atoms with Crippen LogP contribution in [0.4, 0.5) is 0 Å². The zero-order valence-electron chi connectivity index (χ0n) is 15.4. The quantitative estimate of drug-likeness (QED) is 0.735. The number of hydrogen-bond donors (Lipinski definition) is 3. The maximum Gasteiger partial charge on any atom is 0.253 e. The highest BCUT2D eigenvalue weighted by molar-refractivity contribution is 6.30. The van der Waals surface area contributed by atoms with Gasteiger partial charge in [0.05, 0.1) is 0 Å². The van der Waals surface area contributed by atoms with Crippen LogP contribution < -0.4 is 5.32 Å². The third-order valence-corrected chi connectivity index (χ3v) is 5.34. The van der Waals surface area contributed by atoms with Crippen LogP contribution in [0, 0.1) is 6.92 Å². The highest BCUT2D eigenvalue weighted by atomic mass is 35.5. The average molecular weight is 389 g/mol. The van der Waals surface area contributed by atoms with Gasteiger partial charge in [-0.15, -0.1) is 0 Å². The SMILES string of the molecule is Cc1ccc(CNC[C@@]2(O)CCN(C(=O)c3ccc(Cl)cc3)C[C@@H]2O)cc1. The highest BCUT2D eigenvalue weighted by Crippen LogP contribution is 2.24. The minimum atomic E-state index is -1.25. The van der Waals surface area contributed by atoms with Crippen LogP contribution in [0.25, 0.3) is 0 Å². The number of nitrogens with zero attached hydrogens (tertiary/aromatic N) is 1. The molecular formula is C21H25ClN2O3. The molecule has 0 unspecified atom stereocenters. The second-order valence-electron chi connectivity index (χ2n) is 7.22. The van der Waals surface area contributed by atoms with E-state index in [-0.39, 0.29) is 19.0 Å². The molecule has 27 heavy (non-hydrogen) atoms. The van der Waals surface area contributed by atoms with Gasteiger partial charge in [-0.1, -0.05) is 41.4 Å². The molecule has 1 fully saturated rings. The number of halogens is 1. The van der Waals surface area contributed by atoms with Gasteiger partial charge in [-0.25, -0.2) is 0 Å². The van der Waals surface area contributed by atoms with Crippen molar-refractivity contribution in [3.8, 4) is 0 Å². The van der Waals surface area contributed by atoms with Crippen LogP contribution in [0.3, 0.4) is 0 Å². The first-order valence-corrected chi connectivity index (χ1v) is 9.47.